The van der Waals surface area contributed by atoms with E-state index in [9.17, 15) is 10.2 Å². The molecule has 120 valence electrons. The predicted octanol–water partition coefficient (Wildman–Crippen LogP) is 3.29. The van der Waals surface area contributed by atoms with Crippen LogP contribution in [0.1, 0.15) is 0 Å². The third kappa shape index (κ3) is 3.12. The van der Waals surface area contributed by atoms with Gasteiger partial charge in [-0.05, 0) is 24.3 Å². The van der Waals surface area contributed by atoms with E-state index in [2.05, 4.69) is 9.97 Å². The molecule has 6 nitrogen and oxygen atoms in total. The van der Waals surface area contributed by atoms with Gasteiger partial charge in [0.1, 0.15) is 34.0 Å². The SMILES string of the molecule is Oc1cnc2c(O)cccc2c1.Oc1cnc2c(O)cccc2c1. The molecule has 0 aliphatic rings. The summed E-state index contributed by atoms with van der Waals surface area (Å²) in [6, 6.07) is 13.2. The highest BCUT2D eigenvalue weighted by molar-refractivity contribution is 5.85. The average molecular weight is 322 g/mol. The lowest BCUT2D eigenvalue weighted by Gasteiger charge is -1.98. The Labute approximate surface area is 136 Å². The lowest BCUT2D eigenvalue weighted by atomic mass is 10.2. The first-order valence-electron chi connectivity index (χ1n) is 7.08. The molecule has 4 N–H and O–H groups in total. The minimum absolute atomic E-state index is 0.105. The number of hydrogen-bond acceptors (Lipinski definition) is 6. The normalized spacial score (nSPS) is 10.3. The second kappa shape index (κ2) is 6.29. The molecule has 6 heteroatoms. The number of rotatable bonds is 0. The summed E-state index contributed by atoms with van der Waals surface area (Å²) in [4.78, 5) is 7.76. The van der Waals surface area contributed by atoms with Gasteiger partial charge in [0, 0.05) is 10.8 Å². The fraction of sp³-hybridized carbons (Fsp3) is 0. The first-order valence-corrected chi connectivity index (χ1v) is 7.08. The zero-order valence-electron chi connectivity index (χ0n) is 12.5. The second-order valence-electron chi connectivity index (χ2n) is 5.08. The Morgan fingerprint density at radius 1 is 0.583 bits per heavy atom. The van der Waals surface area contributed by atoms with Gasteiger partial charge < -0.3 is 20.4 Å². The molecule has 0 amide bonds. The molecule has 0 aliphatic heterocycles. The van der Waals surface area contributed by atoms with Crippen molar-refractivity contribution >= 4 is 21.8 Å². The number of aromatic hydroxyl groups is 4. The molecule has 2 heterocycles. The van der Waals surface area contributed by atoms with Crippen LogP contribution < -0.4 is 0 Å². The highest BCUT2D eigenvalue weighted by Crippen LogP contribution is 2.25. The van der Waals surface area contributed by atoms with E-state index in [1.807, 2.05) is 0 Å². The summed E-state index contributed by atoms with van der Waals surface area (Å²) in [7, 11) is 0. The maximum atomic E-state index is 9.32. The number of nitrogens with zero attached hydrogens (tertiary/aromatic N) is 2. The largest absolute Gasteiger partial charge is 0.506 e. The molecule has 0 unspecified atom stereocenters. The lowest BCUT2D eigenvalue weighted by molar-refractivity contribution is 0.470. The Kier molecular flexibility index (Phi) is 4.03. The van der Waals surface area contributed by atoms with Crippen LogP contribution in [0, 0.1) is 0 Å². The van der Waals surface area contributed by atoms with Gasteiger partial charge >= 0.3 is 0 Å². The van der Waals surface area contributed by atoms with Gasteiger partial charge in [-0.2, -0.15) is 0 Å². The van der Waals surface area contributed by atoms with Gasteiger partial charge in [0.15, 0.2) is 0 Å². The van der Waals surface area contributed by atoms with Crippen LogP contribution in [0.4, 0.5) is 0 Å². The number of pyridine rings is 2. The molecule has 0 bridgehead atoms. The minimum Gasteiger partial charge on any atom is -0.506 e. The summed E-state index contributed by atoms with van der Waals surface area (Å²) in [6.07, 6.45) is 2.62. The molecule has 0 fully saturated rings. The van der Waals surface area contributed by atoms with Gasteiger partial charge in [0.25, 0.3) is 0 Å². The van der Waals surface area contributed by atoms with Crippen molar-refractivity contribution in [2.24, 2.45) is 0 Å². The summed E-state index contributed by atoms with van der Waals surface area (Å²) >= 11 is 0. The summed E-state index contributed by atoms with van der Waals surface area (Å²) in [5.74, 6) is 0.473. The Balaban J connectivity index is 0.000000141. The van der Waals surface area contributed by atoms with Crippen LogP contribution >= 0.6 is 0 Å². The van der Waals surface area contributed by atoms with E-state index < -0.39 is 0 Å². The van der Waals surface area contributed by atoms with E-state index in [4.69, 9.17) is 10.2 Å². The van der Waals surface area contributed by atoms with Crippen LogP contribution in [-0.2, 0) is 0 Å². The standard InChI is InChI=1S/2C9H7NO2/c2*11-7-4-6-2-1-3-8(12)9(6)10-5-7/h2*1-5,11-12H. The molecule has 0 radical (unpaired) electrons. The predicted molar refractivity (Wildman–Crippen MR) is 90.1 cm³/mol. The Morgan fingerprint density at radius 3 is 1.42 bits per heavy atom. The van der Waals surface area contributed by atoms with Crippen molar-refractivity contribution in [1.82, 2.24) is 9.97 Å². The summed E-state index contributed by atoms with van der Waals surface area (Å²) < 4.78 is 0. The van der Waals surface area contributed by atoms with Crippen molar-refractivity contribution in [3.8, 4) is 23.0 Å². The van der Waals surface area contributed by atoms with E-state index in [0.717, 1.165) is 10.8 Å². The van der Waals surface area contributed by atoms with E-state index >= 15 is 0 Å². The van der Waals surface area contributed by atoms with Crippen LogP contribution in [0.5, 0.6) is 23.0 Å². The number of fused-ring (bicyclic) bond motifs is 2. The highest BCUT2D eigenvalue weighted by Gasteiger charge is 2.00. The Morgan fingerprint density at radius 2 is 1.00 bits per heavy atom. The van der Waals surface area contributed by atoms with Crippen LogP contribution in [0.3, 0.4) is 0 Å². The maximum Gasteiger partial charge on any atom is 0.141 e. The highest BCUT2D eigenvalue weighted by atomic mass is 16.3. The summed E-state index contributed by atoms with van der Waals surface area (Å²) in [5, 5.41) is 38.3. The number of phenols is 2. The fourth-order valence-corrected chi connectivity index (χ4v) is 2.27. The van der Waals surface area contributed by atoms with Crippen LogP contribution in [-0.4, -0.2) is 30.4 Å². The minimum atomic E-state index is 0.105. The van der Waals surface area contributed by atoms with Crippen molar-refractivity contribution in [2.45, 2.75) is 0 Å². The Bertz CT molecular complexity index is 935. The molecular formula is C18H14N2O4. The first kappa shape index (κ1) is 15.4. The summed E-state index contributed by atoms with van der Waals surface area (Å²) in [5.41, 5.74) is 1.02. The van der Waals surface area contributed by atoms with Crippen LogP contribution in [0.2, 0.25) is 0 Å². The quantitative estimate of drug-likeness (QED) is 0.396. The zero-order valence-corrected chi connectivity index (χ0v) is 12.5. The van der Waals surface area contributed by atoms with Crippen LogP contribution in [0.25, 0.3) is 21.8 Å². The van der Waals surface area contributed by atoms with Gasteiger partial charge in [0.05, 0.1) is 12.4 Å². The molecule has 0 atom stereocenters. The van der Waals surface area contributed by atoms with E-state index in [1.54, 1.807) is 48.5 Å². The second-order valence-corrected chi connectivity index (χ2v) is 5.08. The maximum absolute atomic E-state index is 9.32. The molecule has 0 spiro atoms. The van der Waals surface area contributed by atoms with Gasteiger partial charge in [-0.15, -0.1) is 0 Å². The van der Waals surface area contributed by atoms with E-state index in [-0.39, 0.29) is 23.0 Å². The third-order valence-corrected chi connectivity index (χ3v) is 3.35. The lowest BCUT2D eigenvalue weighted by Crippen LogP contribution is -1.78. The molecule has 0 aliphatic carbocycles. The molecule has 4 rings (SSSR count). The van der Waals surface area contributed by atoms with E-state index in [1.165, 1.54) is 12.4 Å². The molecular weight excluding hydrogens is 308 g/mol. The van der Waals surface area contributed by atoms with Crippen molar-refractivity contribution in [3.63, 3.8) is 0 Å². The third-order valence-electron chi connectivity index (χ3n) is 3.35. The average Bonchev–Trinajstić information content (AvgIpc) is 2.55. The molecule has 0 saturated carbocycles. The number of hydrogen-bond donors (Lipinski definition) is 4. The molecule has 4 aromatic rings. The van der Waals surface area contributed by atoms with Gasteiger partial charge in [-0.1, -0.05) is 24.3 Å². The number of aromatic nitrogens is 2. The van der Waals surface area contributed by atoms with Gasteiger partial charge in [0.2, 0.25) is 0 Å². The summed E-state index contributed by atoms with van der Waals surface area (Å²) in [6.45, 7) is 0. The number of phenolic OH excluding ortho intramolecular Hbond substituents is 2. The van der Waals surface area contributed by atoms with Crippen molar-refractivity contribution in [1.29, 1.82) is 0 Å². The van der Waals surface area contributed by atoms with Crippen molar-refractivity contribution in [3.05, 3.63) is 60.9 Å². The van der Waals surface area contributed by atoms with Crippen molar-refractivity contribution < 1.29 is 20.4 Å². The van der Waals surface area contributed by atoms with Crippen LogP contribution in [0.15, 0.2) is 60.9 Å². The molecule has 0 saturated heterocycles. The van der Waals surface area contributed by atoms with E-state index in [0.29, 0.717) is 11.0 Å². The zero-order chi connectivity index (χ0) is 17.1. The Hall–Kier alpha value is -3.54. The molecule has 24 heavy (non-hydrogen) atoms. The smallest absolute Gasteiger partial charge is 0.141 e. The molecule has 2 aromatic heterocycles. The van der Waals surface area contributed by atoms with Gasteiger partial charge in [-0.25, -0.2) is 9.97 Å². The van der Waals surface area contributed by atoms with Gasteiger partial charge in [-0.3, -0.25) is 0 Å². The van der Waals surface area contributed by atoms with Crippen molar-refractivity contribution in [2.75, 3.05) is 0 Å². The topological polar surface area (TPSA) is 107 Å². The fourth-order valence-electron chi connectivity index (χ4n) is 2.27. The number of para-hydroxylation sites is 2. The monoisotopic (exact) mass is 322 g/mol. The molecule has 2 aromatic carbocycles. The number of benzene rings is 2. The first-order chi connectivity index (χ1) is 11.5.